The van der Waals surface area contributed by atoms with E-state index in [-0.39, 0.29) is 22.7 Å². The summed E-state index contributed by atoms with van der Waals surface area (Å²) in [7, 11) is 0. The molecular weight excluding hydrogens is 566 g/mol. The smallest absolute Gasteiger partial charge is 0.295 e. The summed E-state index contributed by atoms with van der Waals surface area (Å²) in [6.45, 7) is 6.88. The first kappa shape index (κ1) is 26.7. The lowest BCUT2D eigenvalue weighted by molar-refractivity contribution is -0.128. The van der Waals surface area contributed by atoms with Gasteiger partial charge in [-0.2, -0.15) is 5.10 Å². The second-order valence-corrected chi connectivity index (χ2v) is 11.4. The average molecular weight is 594 g/mol. The third kappa shape index (κ3) is 4.48. The van der Waals surface area contributed by atoms with Gasteiger partial charge < -0.3 is 19.9 Å². The summed E-state index contributed by atoms with van der Waals surface area (Å²) in [5.41, 5.74) is 2.62. The van der Waals surface area contributed by atoms with Gasteiger partial charge in [0.1, 0.15) is 34.4 Å². The van der Waals surface area contributed by atoms with E-state index in [0.29, 0.717) is 42.6 Å². The second-order valence-electron chi connectivity index (χ2n) is 10.6. The molecule has 12 nitrogen and oxygen atoms in total. The molecule has 0 unspecified atom stereocenters. The van der Waals surface area contributed by atoms with E-state index in [1.54, 1.807) is 23.2 Å². The van der Waals surface area contributed by atoms with Gasteiger partial charge in [0.15, 0.2) is 5.82 Å². The van der Waals surface area contributed by atoms with Crippen molar-refractivity contribution >= 4 is 50.0 Å². The summed E-state index contributed by atoms with van der Waals surface area (Å²) < 4.78 is 1.45. The van der Waals surface area contributed by atoms with Gasteiger partial charge >= 0.3 is 0 Å². The van der Waals surface area contributed by atoms with Crippen molar-refractivity contribution in [3.63, 3.8) is 0 Å². The Kier molecular flexibility index (Phi) is 6.38. The molecular formula is C30H27N9O3S. The highest BCUT2D eigenvalue weighted by molar-refractivity contribution is 7.17. The number of hydrogen-bond donors (Lipinski definition) is 2. The normalized spacial score (nSPS) is 15.5. The molecule has 1 fully saturated rings. The Labute approximate surface area is 249 Å². The number of thiophene rings is 1. The van der Waals surface area contributed by atoms with Gasteiger partial charge in [0.05, 0.1) is 28.0 Å². The first-order valence-corrected chi connectivity index (χ1v) is 14.7. The molecule has 1 aliphatic rings. The van der Waals surface area contributed by atoms with Gasteiger partial charge in [-0.25, -0.2) is 24.6 Å². The Morgan fingerprint density at radius 1 is 1.02 bits per heavy atom. The van der Waals surface area contributed by atoms with Crippen LogP contribution in [0.4, 0.5) is 5.82 Å². The van der Waals surface area contributed by atoms with Crippen molar-refractivity contribution < 1.29 is 14.7 Å². The fraction of sp³-hybridized carbons (Fsp3) is 0.233. The number of fused-ring (bicyclic) bond motifs is 2. The number of Topliss-reactive ketones (excluding diaryl/α,β-unsaturated/α-hetero) is 1. The van der Waals surface area contributed by atoms with E-state index in [1.165, 1.54) is 23.4 Å². The maximum absolute atomic E-state index is 13.6. The number of H-pyrrole nitrogens is 1. The van der Waals surface area contributed by atoms with Crippen molar-refractivity contribution in [3.8, 4) is 22.7 Å². The van der Waals surface area contributed by atoms with Crippen LogP contribution in [0.15, 0.2) is 54.4 Å². The molecule has 0 spiro atoms. The number of aromatic amines is 1. The number of aromatic nitrogens is 7. The molecule has 0 aliphatic carbocycles. The number of nitrogens with zero attached hydrogens (tertiary/aromatic N) is 8. The Bertz CT molecular complexity index is 2030. The minimum absolute atomic E-state index is 0.0755. The van der Waals surface area contributed by atoms with Gasteiger partial charge in [-0.1, -0.05) is 30.3 Å². The molecule has 0 saturated carbocycles. The third-order valence-electron chi connectivity index (χ3n) is 7.73. The molecule has 13 heteroatoms. The number of piperazine rings is 1. The lowest BCUT2D eigenvalue weighted by atomic mass is 10.0. The number of carbonyl (C=O) groups excluding carboxylic acids is 2. The lowest BCUT2D eigenvalue weighted by Crippen LogP contribution is -2.56. The number of carbonyl (C=O) groups is 2. The predicted octanol–water partition coefficient (Wildman–Crippen LogP) is 4.06. The fourth-order valence-corrected chi connectivity index (χ4v) is 6.69. The molecule has 0 bridgehead atoms. The molecule has 6 heterocycles. The summed E-state index contributed by atoms with van der Waals surface area (Å²) in [4.78, 5) is 52.8. The molecule has 1 saturated heterocycles. The van der Waals surface area contributed by atoms with Crippen molar-refractivity contribution in [2.75, 3.05) is 24.5 Å². The Morgan fingerprint density at radius 2 is 1.84 bits per heavy atom. The largest absolute Gasteiger partial charge is 0.506 e. The zero-order valence-electron chi connectivity index (χ0n) is 23.6. The molecule has 1 atom stereocenters. The summed E-state index contributed by atoms with van der Waals surface area (Å²) in [5.74, 6) is 0.861. The van der Waals surface area contributed by atoms with Gasteiger partial charge in [0, 0.05) is 42.8 Å². The second kappa shape index (κ2) is 10.3. The SMILES string of the molecule is Cc1nc(N2CCN(C(=O)C(=O)c3c[nH]c4c(-n5cnc(C)n5)ncc(O)c34)[C@H](C)C2)c2c(-c3ccccc3)csc2n1. The Balaban J connectivity index is 1.17. The first-order chi connectivity index (χ1) is 20.8. The van der Waals surface area contributed by atoms with Crippen LogP contribution in [0.25, 0.3) is 38.1 Å². The standard InChI is InChI=1S/C30H27N9O3S/c1-16-13-37(27-24-21(19-7-5-4-6-8-19)14-43-29(24)35-18(3)34-27)9-10-38(16)30(42)26(41)20-11-31-25-23(20)22(40)12-32-28(25)39-15-33-17(2)36-39/h4-8,11-12,14-16,31,40H,9-10,13H2,1-3H3/t16-/m1/s1. The lowest BCUT2D eigenvalue weighted by Gasteiger charge is -2.40. The van der Waals surface area contributed by atoms with Crippen molar-refractivity contribution in [2.45, 2.75) is 26.8 Å². The van der Waals surface area contributed by atoms with Crippen LogP contribution in [0, 0.1) is 13.8 Å². The minimum Gasteiger partial charge on any atom is -0.506 e. The van der Waals surface area contributed by atoms with Gasteiger partial charge in [-0.15, -0.1) is 11.3 Å². The van der Waals surface area contributed by atoms with Crippen LogP contribution in [0.1, 0.15) is 28.9 Å². The third-order valence-corrected chi connectivity index (χ3v) is 8.60. The molecule has 1 aliphatic heterocycles. The van der Waals surface area contributed by atoms with E-state index in [0.717, 1.165) is 27.2 Å². The number of rotatable bonds is 5. The summed E-state index contributed by atoms with van der Waals surface area (Å²) in [6, 6.07) is 9.89. The number of pyridine rings is 1. The van der Waals surface area contributed by atoms with E-state index in [9.17, 15) is 14.7 Å². The number of aromatic hydroxyl groups is 1. The highest BCUT2D eigenvalue weighted by Crippen LogP contribution is 2.39. The van der Waals surface area contributed by atoms with Crippen molar-refractivity contribution in [1.82, 2.24) is 39.6 Å². The van der Waals surface area contributed by atoms with Crippen LogP contribution >= 0.6 is 11.3 Å². The van der Waals surface area contributed by atoms with Crippen LogP contribution in [0.5, 0.6) is 5.75 Å². The monoisotopic (exact) mass is 593 g/mol. The average Bonchev–Trinajstić information content (AvgIpc) is 3.75. The number of amides is 1. The summed E-state index contributed by atoms with van der Waals surface area (Å²) in [6.07, 6.45) is 4.17. The van der Waals surface area contributed by atoms with Crippen LogP contribution in [0.3, 0.4) is 0 Å². The number of aryl methyl sites for hydroxylation is 2. The summed E-state index contributed by atoms with van der Waals surface area (Å²) >= 11 is 1.59. The first-order valence-electron chi connectivity index (χ1n) is 13.8. The maximum atomic E-state index is 13.6. The maximum Gasteiger partial charge on any atom is 0.295 e. The molecule has 6 aromatic rings. The molecule has 43 heavy (non-hydrogen) atoms. The van der Waals surface area contributed by atoms with E-state index in [1.807, 2.05) is 32.0 Å². The summed E-state index contributed by atoms with van der Waals surface area (Å²) in [5, 5.41) is 18.2. The van der Waals surface area contributed by atoms with Crippen molar-refractivity contribution in [2.24, 2.45) is 0 Å². The van der Waals surface area contributed by atoms with E-state index < -0.39 is 11.7 Å². The Morgan fingerprint density at radius 3 is 2.58 bits per heavy atom. The Hall–Kier alpha value is -5.17. The van der Waals surface area contributed by atoms with Gasteiger partial charge in [0.2, 0.25) is 0 Å². The zero-order chi connectivity index (χ0) is 29.8. The van der Waals surface area contributed by atoms with Crippen molar-refractivity contribution in [1.29, 1.82) is 0 Å². The molecule has 216 valence electrons. The highest BCUT2D eigenvalue weighted by atomic mass is 32.1. The predicted molar refractivity (Wildman–Crippen MR) is 163 cm³/mol. The van der Waals surface area contributed by atoms with E-state index in [2.05, 4.69) is 47.4 Å². The quantitative estimate of drug-likeness (QED) is 0.223. The molecule has 7 rings (SSSR count). The molecule has 1 aromatic carbocycles. The molecule has 0 radical (unpaired) electrons. The highest BCUT2D eigenvalue weighted by Gasteiger charge is 2.35. The molecule has 2 N–H and O–H groups in total. The number of nitrogens with one attached hydrogen (secondary N) is 1. The van der Waals surface area contributed by atoms with Crippen LogP contribution in [0.2, 0.25) is 0 Å². The molecule has 5 aromatic heterocycles. The van der Waals surface area contributed by atoms with Gasteiger partial charge in [-0.3, -0.25) is 9.59 Å². The topological polar surface area (TPSA) is 146 Å². The van der Waals surface area contributed by atoms with Gasteiger partial charge in [-0.05, 0) is 26.3 Å². The van der Waals surface area contributed by atoms with Gasteiger partial charge in [0.25, 0.3) is 11.7 Å². The van der Waals surface area contributed by atoms with Crippen LogP contribution in [-0.2, 0) is 4.79 Å². The number of ketones is 1. The van der Waals surface area contributed by atoms with Crippen LogP contribution < -0.4 is 4.90 Å². The number of anilines is 1. The minimum atomic E-state index is -0.710. The van der Waals surface area contributed by atoms with Crippen LogP contribution in [-0.4, -0.2) is 82.1 Å². The number of benzene rings is 1. The number of hydrogen-bond acceptors (Lipinski definition) is 10. The zero-order valence-corrected chi connectivity index (χ0v) is 24.5. The van der Waals surface area contributed by atoms with E-state index >= 15 is 0 Å². The van der Waals surface area contributed by atoms with E-state index in [4.69, 9.17) is 4.98 Å². The molecule has 1 amide bonds. The fourth-order valence-electron chi connectivity index (χ4n) is 5.70. The van der Waals surface area contributed by atoms with Crippen molar-refractivity contribution in [3.05, 3.63) is 71.6 Å².